The summed E-state index contributed by atoms with van der Waals surface area (Å²) in [5, 5.41) is 8.87. The molecule has 1 aromatic carbocycles. The first kappa shape index (κ1) is 15.9. The van der Waals surface area contributed by atoms with Gasteiger partial charge >= 0.3 is 14.6 Å². The van der Waals surface area contributed by atoms with Crippen molar-refractivity contribution >= 4 is 26.0 Å². The van der Waals surface area contributed by atoms with Crippen molar-refractivity contribution < 1.29 is 28.8 Å². The van der Waals surface area contributed by atoms with Gasteiger partial charge in [0.15, 0.2) is 12.3 Å². The molecule has 6 nitrogen and oxygen atoms in total. The molecule has 0 bridgehead atoms. The quantitative estimate of drug-likeness (QED) is 0.572. The van der Waals surface area contributed by atoms with Gasteiger partial charge in [0.1, 0.15) is 12.2 Å². The van der Waals surface area contributed by atoms with Crippen molar-refractivity contribution in [3.63, 3.8) is 0 Å². The fourth-order valence-corrected chi connectivity index (χ4v) is 2.91. The lowest BCUT2D eigenvalue weighted by Crippen LogP contribution is -2.27. The maximum atomic E-state index is 10.8. The van der Waals surface area contributed by atoms with Crippen molar-refractivity contribution in [3.8, 4) is 5.75 Å². The smallest absolute Gasteiger partial charge is 0.391 e. The molecule has 0 aromatic heterocycles. The van der Waals surface area contributed by atoms with Gasteiger partial charge in [-0.2, -0.15) is 4.58 Å². The molecule has 21 heavy (non-hydrogen) atoms. The van der Waals surface area contributed by atoms with Crippen LogP contribution in [-0.2, 0) is 10.2 Å². The number of carboxylic acids is 1. The third-order valence-corrected chi connectivity index (χ3v) is 4.35. The summed E-state index contributed by atoms with van der Waals surface area (Å²) in [7, 11) is -2.45. The molecule has 3 N–H and O–H groups in total. The van der Waals surface area contributed by atoms with Crippen molar-refractivity contribution in [1.29, 1.82) is 0 Å². The van der Waals surface area contributed by atoms with E-state index in [1.54, 1.807) is 12.1 Å². The minimum Gasteiger partial charge on any atom is -0.481 e. The summed E-state index contributed by atoms with van der Waals surface area (Å²) >= 11 is 0. The summed E-state index contributed by atoms with van der Waals surface area (Å²) in [6, 6.07) is 5.26. The number of carbonyl (C=O) groups is 1. The molecule has 1 aliphatic heterocycles. The third kappa shape index (κ3) is 3.07. The van der Waals surface area contributed by atoms with Crippen LogP contribution in [0.4, 0.5) is 5.69 Å². The molecule has 0 fully saturated rings. The number of aliphatic carboxylic acids is 1. The molecule has 0 spiro atoms. The fourth-order valence-electron chi connectivity index (χ4n) is 2.61. The molecule has 2 rings (SSSR count). The van der Waals surface area contributed by atoms with Gasteiger partial charge in [0.25, 0.3) is 0 Å². The molecule has 1 heterocycles. The molecule has 7 heteroatoms. The van der Waals surface area contributed by atoms with E-state index < -0.39 is 14.6 Å². The maximum Gasteiger partial charge on any atom is 0.391 e. The van der Waals surface area contributed by atoms with Gasteiger partial charge in [0.2, 0.25) is 5.69 Å². The van der Waals surface area contributed by atoms with Crippen LogP contribution in [0.3, 0.4) is 0 Å². The second-order valence-electron chi connectivity index (χ2n) is 5.53. The Morgan fingerprint density at radius 3 is 2.62 bits per heavy atom. The van der Waals surface area contributed by atoms with Gasteiger partial charge in [-0.1, -0.05) is 0 Å². The van der Waals surface area contributed by atoms with Gasteiger partial charge < -0.3 is 19.4 Å². The van der Waals surface area contributed by atoms with Gasteiger partial charge in [-0.3, -0.25) is 4.79 Å². The van der Waals surface area contributed by atoms with Crippen molar-refractivity contribution in [2.24, 2.45) is 0 Å². The van der Waals surface area contributed by atoms with Crippen LogP contribution in [0.1, 0.15) is 32.8 Å². The third-order valence-electron chi connectivity index (χ3n) is 3.98. The molecule has 0 radical (unpaired) electrons. The Hall–Kier alpha value is -1.49. The lowest BCUT2D eigenvalue weighted by molar-refractivity contribution is -0.438. The number of benzene rings is 1. The highest BCUT2D eigenvalue weighted by atomic mass is 31.2. The Bertz CT molecular complexity index is 609. The van der Waals surface area contributed by atoms with E-state index in [2.05, 4.69) is 0 Å². The Balaban J connectivity index is 2.40. The van der Waals surface area contributed by atoms with E-state index in [9.17, 15) is 4.79 Å². The summed E-state index contributed by atoms with van der Waals surface area (Å²) in [5.74, 6) is -0.439. The molecule has 0 saturated carbocycles. The molecule has 0 amide bonds. The van der Waals surface area contributed by atoms with Crippen LogP contribution in [0, 0.1) is 0 Å². The zero-order valence-corrected chi connectivity index (χ0v) is 13.1. The summed E-state index contributed by atoms with van der Waals surface area (Å²) in [5.41, 5.74) is 2.72. The van der Waals surface area contributed by atoms with E-state index in [4.69, 9.17) is 19.4 Å². The Kier molecular flexibility index (Phi) is 4.33. The average molecular weight is 312 g/mol. The largest absolute Gasteiger partial charge is 0.481 e. The zero-order valence-electron chi connectivity index (χ0n) is 12.2. The van der Waals surface area contributed by atoms with Crippen LogP contribution in [0.25, 0.3) is 0 Å². The first-order valence-electron chi connectivity index (χ1n) is 6.57. The number of nitrogens with zero attached hydrogens (tertiary/aromatic N) is 1. The second kappa shape index (κ2) is 5.72. The Morgan fingerprint density at radius 1 is 1.38 bits per heavy atom. The molecule has 0 atom stereocenters. The monoisotopic (exact) mass is 312 g/mol. The normalized spacial score (nSPS) is 16.3. The SMILES string of the molecule is CC1=[N+](CCC(=O)O)c2ccc(OP(O)O)cc2C1(C)C. The molecular formula is C14H19NO5P+. The Morgan fingerprint density at radius 2 is 2.05 bits per heavy atom. The second-order valence-corrected chi connectivity index (χ2v) is 6.22. The first-order valence-corrected chi connectivity index (χ1v) is 7.73. The molecule has 1 aromatic rings. The highest BCUT2D eigenvalue weighted by molar-refractivity contribution is 7.39. The predicted molar refractivity (Wildman–Crippen MR) is 79.2 cm³/mol. The Labute approximate surface area is 124 Å². The van der Waals surface area contributed by atoms with Crippen LogP contribution in [0.15, 0.2) is 18.2 Å². The van der Waals surface area contributed by atoms with E-state index in [1.165, 1.54) is 0 Å². The highest BCUT2D eigenvalue weighted by Crippen LogP contribution is 2.42. The van der Waals surface area contributed by atoms with Crippen molar-refractivity contribution in [2.45, 2.75) is 32.6 Å². The molecule has 0 saturated heterocycles. The number of carboxylic acid groups (broad SMARTS) is 1. The van der Waals surface area contributed by atoms with Crippen LogP contribution in [0.2, 0.25) is 0 Å². The fraction of sp³-hybridized carbons (Fsp3) is 0.429. The van der Waals surface area contributed by atoms with Gasteiger partial charge in [0, 0.05) is 18.6 Å². The van der Waals surface area contributed by atoms with E-state index in [0.717, 1.165) is 17.0 Å². The molecule has 0 aliphatic carbocycles. The zero-order chi connectivity index (χ0) is 15.8. The standard InChI is InChI=1S/C14H18NO5P/c1-9-14(2,3)11-8-10(20-21(18)19)4-5-12(11)15(9)7-6-13(16)17/h4-5,8,18-19H,6-7H2,1-3H3/p+1. The van der Waals surface area contributed by atoms with Crippen molar-refractivity contribution in [2.75, 3.05) is 6.54 Å². The van der Waals surface area contributed by atoms with E-state index in [0.29, 0.717) is 12.3 Å². The summed E-state index contributed by atoms with van der Waals surface area (Å²) < 4.78 is 6.95. The van der Waals surface area contributed by atoms with E-state index >= 15 is 0 Å². The van der Waals surface area contributed by atoms with Crippen LogP contribution in [0.5, 0.6) is 5.75 Å². The molecular weight excluding hydrogens is 293 g/mol. The molecule has 1 aliphatic rings. The van der Waals surface area contributed by atoms with Crippen molar-refractivity contribution in [1.82, 2.24) is 0 Å². The number of rotatable bonds is 5. The number of fused-ring (bicyclic) bond motifs is 1. The summed E-state index contributed by atoms with van der Waals surface area (Å²) in [6.07, 6.45) is 0.0592. The average Bonchev–Trinajstić information content (AvgIpc) is 2.56. The van der Waals surface area contributed by atoms with E-state index in [-0.39, 0.29) is 11.8 Å². The van der Waals surface area contributed by atoms with Gasteiger partial charge in [-0.25, -0.2) is 0 Å². The van der Waals surface area contributed by atoms with Gasteiger partial charge in [-0.05, 0) is 26.0 Å². The minimum absolute atomic E-state index is 0.0592. The minimum atomic E-state index is -2.45. The van der Waals surface area contributed by atoms with Gasteiger partial charge in [0.05, 0.1) is 5.41 Å². The van der Waals surface area contributed by atoms with Crippen LogP contribution >= 0.6 is 8.60 Å². The number of hydrogen-bond donors (Lipinski definition) is 3. The predicted octanol–water partition coefficient (Wildman–Crippen LogP) is 2.15. The van der Waals surface area contributed by atoms with Crippen LogP contribution in [-0.4, -0.2) is 37.7 Å². The molecule has 114 valence electrons. The maximum absolute atomic E-state index is 10.8. The lowest BCUT2D eigenvalue weighted by Gasteiger charge is -2.15. The highest BCUT2D eigenvalue weighted by Gasteiger charge is 2.43. The van der Waals surface area contributed by atoms with E-state index in [1.807, 2.05) is 31.4 Å². The lowest BCUT2D eigenvalue weighted by atomic mass is 9.82. The molecule has 0 unspecified atom stereocenters. The van der Waals surface area contributed by atoms with Crippen LogP contribution < -0.4 is 4.52 Å². The topological polar surface area (TPSA) is 90.0 Å². The summed E-state index contributed by atoms with van der Waals surface area (Å²) in [6.45, 7) is 6.48. The summed E-state index contributed by atoms with van der Waals surface area (Å²) in [4.78, 5) is 28.7. The van der Waals surface area contributed by atoms with Crippen molar-refractivity contribution in [3.05, 3.63) is 23.8 Å². The first-order chi connectivity index (χ1) is 9.73. The number of hydrogen-bond acceptors (Lipinski definition) is 4. The van der Waals surface area contributed by atoms with Gasteiger partial charge in [-0.15, -0.1) is 0 Å².